The fourth-order valence-electron chi connectivity index (χ4n) is 3.33. The van der Waals surface area contributed by atoms with Crippen molar-refractivity contribution in [2.24, 2.45) is 5.92 Å². The number of rotatable bonds is 3. The Morgan fingerprint density at radius 3 is 2.39 bits per heavy atom. The molecule has 0 unspecified atom stereocenters. The van der Waals surface area contributed by atoms with Gasteiger partial charge < -0.3 is 14.7 Å². The first-order valence-corrected chi connectivity index (χ1v) is 9.29. The SMILES string of the molecule is CN1CCN(C(=O)C2CCN(C(=O)Cc3cccs3)CC2)CC1. The lowest BCUT2D eigenvalue weighted by Crippen LogP contribution is -2.51. The summed E-state index contributed by atoms with van der Waals surface area (Å²) >= 11 is 1.63. The molecule has 1 aromatic rings. The van der Waals surface area contributed by atoms with E-state index in [2.05, 4.69) is 11.9 Å². The van der Waals surface area contributed by atoms with Gasteiger partial charge in [-0.25, -0.2) is 0 Å². The lowest BCUT2D eigenvalue weighted by molar-refractivity contribution is -0.141. The van der Waals surface area contributed by atoms with Gasteiger partial charge in [0, 0.05) is 50.1 Å². The van der Waals surface area contributed by atoms with Gasteiger partial charge in [0.1, 0.15) is 0 Å². The highest BCUT2D eigenvalue weighted by Crippen LogP contribution is 2.21. The number of carbonyl (C=O) groups excluding carboxylic acids is 2. The minimum absolute atomic E-state index is 0.101. The van der Waals surface area contributed by atoms with Crippen LogP contribution in [0.15, 0.2) is 17.5 Å². The summed E-state index contributed by atoms with van der Waals surface area (Å²) in [4.78, 5) is 32.2. The van der Waals surface area contributed by atoms with Crippen LogP contribution in [0, 0.1) is 5.92 Å². The van der Waals surface area contributed by atoms with Crippen LogP contribution < -0.4 is 0 Å². The van der Waals surface area contributed by atoms with Gasteiger partial charge in [0.2, 0.25) is 11.8 Å². The minimum Gasteiger partial charge on any atom is -0.342 e. The molecule has 3 rings (SSSR count). The first-order chi connectivity index (χ1) is 11.1. The predicted octanol–water partition coefficient (Wildman–Crippen LogP) is 1.30. The Kier molecular flexibility index (Phi) is 5.33. The molecule has 0 spiro atoms. The number of hydrogen-bond acceptors (Lipinski definition) is 4. The topological polar surface area (TPSA) is 43.9 Å². The summed E-state index contributed by atoms with van der Waals surface area (Å²) in [5.41, 5.74) is 0. The maximum Gasteiger partial charge on any atom is 0.227 e. The summed E-state index contributed by atoms with van der Waals surface area (Å²) in [5.74, 6) is 0.589. The number of amides is 2. The van der Waals surface area contributed by atoms with Crippen molar-refractivity contribution >= 4 is 23.2 Å². The van der Waals surface area contributed by atoms with Gasteiger partial charge in [-0.15, -0.1) is 11.3 Å². The fraction of sp³-hybridized carbons (Fsp3) is 0.647. The van der Waals surface area contributed by atoms with E-state index in [9.17, 15) is 9.59 Å². The van der Waals surface area contributed by atoms with E-state index in [0.29, 0.717) is 25.4 Å². The maximum absolute atomic E-state index is 12.6. The normalized spacial score (nSPS) is 20.7. The lowest BCUT2D eigenvalue weighted by atomic mass is 9.94. The molecule has 23 heavy (non-hydrogen) atoms. The van der Waals surface area contributed by atoms with Crippen LogP contribution in [-0.4, -0.2) is 72.8 Å². The summed E-state index contributed by atoms with van der Waals surface area (Å²) in [5, 5.41) is 2.00. The Hall–Kier alpha value is -1.40. The first kappa shape index (κ1) is 16.5. The molecule has 3 heterocycles. The molecule has 2 aliphatic heterocycles. The van der Waals surface area contributed by atoms with Gasteiger partial charge >= 0.3 is 0 Å². The largest absolute Gasteiger partial charge is 0.342 e. The second-order valence-electron chi connectivity index (χ2n) is 6.54. The molecule has 0 aliphatic carbocycles. The third-order valence-corrected chi connectivity index (χ3v) is 5.79. The van der Waals surface area contributed by atoms with Gasteiger partial charge in [-0.3, -0.25) is 9.59 Å². The number of likely N-dealkylation sites (tertiary alicyclic amines) is 1. The zero-order valence-corrected chi connectivity index (χ0v) is 14.6. The molecule has 0 saturated carbocycles. The number of carbonyl (C=O) groups is 2. The van der Waals surface area contributed by atoms with E-state index in [1.165, 1.54) is 0 Å². The third kappa shape index (κ3) is 4.12. The molecule has 2 saturated heterocycles. The highest BCUT2D eigenvalue weighted by atomic mass is 32.1. The molecule has 1 aromatic heterocycles. The molecule has 0 bridgehead atoms. The number of thiophene rings is 1. The Bertz CT molecular complexity index is 530. The van der Waals surface area contributed by atoms with Crippen LogP contribution in [0.2, 0.25) is 0 Å². The van der Waals surface area contributed by atoms with Gasteiger partial charge in [-0.2, -0.15) is 0 Å². The van der Waals surface area contributed by atoms with E-state index in [0.717, 1.165) is 43.9 Å². The van der Waals surface area contributed by atoms with E-state index in [1.54, 1.807) is 11.3 Å². The van der Waals surface area contributed by atoms with Crippen molar-refractivity contribution in [2.75, 3.05) is 46.3 Å². The number of hydrogen-bond donors (Lipinski definition) is 0. The number of piperidine rings is 1. The summed E-state index contributed by atoms with van der Waals surface area (Å²) in [6.07, 6.45) is 2.11. The predicted molar refractivity (Wildman–Crippen MR) is 91.4 cm³/mol. The molecule has 0 aromatic carbocycles. The standard InChI is InChI=1S/C17H25N3O2S/c1-18-8-10-20(11-9-18)17(22)14-4-6-19(7-5-14)16(21)13-15-3-2-12-23-15/h2-3,12,14H,4-11,13H2,1H3. The van der Waals surface area contributed by atoms with E-state index in [1.807, 2.05) is 27.3 Å². The Labute approximate surface area is 141 Å². The summed E-state index contributed by atoms with van der Waals surface area (Å²) in [6, 6.07) is 3.99. The molecule has 6 heteroatoms. The fourth-order valence-corrected chi connectivity index (χ4v) is 4.03. The monoisotopic (exact) mass is 335 g/mol. The van der Waals surface area contributed by atoms with E-state index in [4.69, 9.17) is 0 Å². The molecular weight excluding hydrogens is 310 g/mol. The smallest absolute Gasteiger partial charge is 0.227 e. The van der Waals surface area contributed by atoms with E-state index < -0.39 is 0 Å². The second-order valence-corrected chi connectivity index (χ2v) is 7.57. The van der Waals surface area contributed by atoms with Crippen LogP contribution in [0.5, 0.6) is 0 Å². The van der Waals surface area contributed by atoms with Gasteiger partial charge in [-0.1, -0.05) is 6.07 Å². The Balaban J connectivity index is 1.46. The van der Waals surface area contributed by atoms with Crippen molar-refractivity contribution in [3.63, 3.8) is 0 Å². The molecule has 0 atom stereocenters. The van der Waals surface area contributed by atoms with Crippen LogP contribution >= 0.6 is 11.3 Å². The van der Waals surface area contributed by atoms with E-state index in [-0.39, 0.29) is 11.8 Å². The Morgan fingerprint density at radius 1 is 1.09 bits per heavy atom. The van der Waals surface area contributed by atoms with Gasteiger partial charge in [-0.05, 0) is 31.3 Å². The molecule has 126 valence electrons. The van der Waals surface area contributed by atoms with E-state index >= 15 is 0 Å². The van der Waals surface area contributed by atoms with Gasteiger partial charge in [0.15, 0.2) is 0 Å². The summed E-state index contributed by atoms with van der Waals surface area (Å²) in [6.45, 7) is 5.04. The van der Waals surface area contributed by atoms with Gasteiger partial charge in [0.25, 0.3) is 0 Å². The molecule has 0 radical (unpaired) electrons. The minimum atomic E-state index is 0.101. The molecule has 0 N–H and O–H groups in total. The van der Waals surface area contributed by atoms with Crippen LogP contribution in [-0.2, 0) is 16.0 Å². The average molecular weight is 335 g/mol. The molecule has 5 nitrogen and oxygen atoms in total. The van der Waals surface area contributed by atoms with Crippen molar-refractivity contribution in [2.45, 2.75) is 19.3 Å². The third-order valence-electron chi connectivity index (χ3n) is 4.92. The van der Waals surface area contributed by atoms with Crippen molar-refractivity contribution in [3.05, 3.63) is 22.4 Å². The van der Waals surface area contributed by atoms with Crippen LogP contribution in [0.1, 0.15) is 17.7 Å². The van der Waals surface area contributed by atoms with Crippen molar-refractivity contribution < 1.29 is 9.59 Å². The van der Waals surface area contributed by atoms with Crippen molar-refractivity contribution in [1.82, 2.24) is 14.7 Å². The number of likely N-dealkylation sites (N-methyl/N-ethyl adjacent to an activating group) is 1. The van der Waals surface area contributed by atoms with Crippen LogP contribution in [0.4, 0.5) is 0 Å². The second kappa shape index (κ2) is 7.45. The summed E-state index contributed by atoms with van der Waals surface area (Å²) in [7, 11) is 2.10. The Morgan fingerprint density at radius 2 is 1.78 bits per heavy atom. The van der Waals surface area contributed by atoms with Crippen LogP contribution in [0.25, 0.3) is 0 Å². The number of nitrogens with zero attached hydrogens (tertiary/aromatic N) is 3. The lowest BCUT2D eigenvalue weighted by Gasteiger charge is -2.37. The number of piperazine rings is 1. The molecular formula is C17H25N3O2S. The van der Waals surface area contributed by atoms with Crippen molar-refractivity contribution in [1.29, 1.82) is 0 Å². The molecule has 2 amide bonds. The maximum atomic E-state index is 12.6. The van der Waals surface area contributed by atoms with Gasteiger partial charge in [0.05, 0.1) is 6.42 Å². The first-order valence-electron chi connectivity index (χ1n) is 8.41. The average Bonchev–Trinajstić information content (AvgIpc) is 3.08. The highest BCUT2D eigenvalue weighted by molar-refractivity contribution is 7.10. The quantitative estimate of drug-likeness (QED) is 0.836. The van der Waals surface area contributed by atoms with Crippen LogP contribution in [0.3, 0.4) is 0 Å². The summed E-state index contributed by atoms with van der Waals surface area (Å²) < 4.78 is 0. The molecule has 2 aliphatic rings. The molecule has 2 fully saturated rings. The van der Waals surface area contributed by atoms with Crippen molar-refractivity contribution in [3.8, 4) is 0 Å². The zero-order chi connectivity index (χ0) is 16.2. The zero-order valence-electron chi connectivity index (χ0n) is 13.7. The highest BCUT2D eigenvalue weighted by Gasteiger charge is 2.31.